The number of hydrogen-bond acceptors (Lipinski definition) is 2. The zero-order valence-corrected chi connectivity index (χ0v) is 14.6. The molecule has 1 aromatic heterocycles. The van der Waals surface area contributed by atoms with Gasteiger partial charge in [0.05, 0.1) is 17.8 Å². The summed E-state index contributed by atoms with van der Waals surface area (Å²) in [7, 11) is 0. The fourth-order valence-corrected chi connectivity index (χ4v) is 2.91. The predicted molar refractivity (Wildman–Crippen MR) is 96.6 cm³/mol. The number of carbonyl (C=O) groups is 1. The van der Waals surface area contributed by atoms with E-state index in [9.17, 15) is 9.18 Å². The molecule has 2 aromatic carbocycles. The van der Waals surface area contributed by atoms with Crippen LogP contribution in [0.15, 0.2) is 48.5 Å². The third-order valence-electron chi connectivity index (χ3n) is 3.92. The Morgan fingerprint density at radius 1 is 1.20 bits per heavy atom. The molecular formula is C19H17ClFN3O. The summed E-state index contributed by atoms with van der Waals surface area (Å²) in [5.74, 6) is -0.820. The molecule has 0 aliphatic heterocycles. The van der Waals surface area contributed by atoms with E-state index in [0.717, 1.165) is 11.1 Å². The minimum absolute atomic E-state index is 0.257. The molecule has 0 atom stereocenters. The average Bonchev–Trinajstić information content (AvgIpc) is 2.86. The van der Waals surface area contributed by atoms with E-state index in [-0.39, 0.29) is 5.15 Å². The molecule has 0 saturated heterocycles. The minimum atomic E-state index is -0.413. The Bertz CT molecular complexity index is 922. The van der Waals surface area contributed by atoms with Crippen molar-refractivity contribution < 1.29 is 9.18 Å². The van der Waals surface area contributed by atoms with Gasteiger partial charge in [0.15, 0.2) is 0 Å². The van der Waals surface area contributed by atoms with Crippen LogP contribution in [0.1, 0.15) is 27.2 Å². The van der Waals surface area contributed by atoms with Crippen molar-refractivity contribution in [3.05, 3.63) is 81.9 Å². The van der Waals surface area contributed by atoms with E-state index in [1.165, 1.54) is 12.1 Å². The Morgan fingerprint density at radius 3 is 2.64 bits per heavy atom. The zero-order valence-electron chi connectivity index (χ0n) is 13.9. The van der Waals surface area contributed by atoms with Gasteiger partial charge in [-0.1, -0.05) is 48.0 Å². The molecule has 3 rings (SSSR count). The molecule has 0 fully saturated rings. The first-order valence-electron chi connectivity index (χ1n) is 7.80. The van der Waals surface area contributed by atoms with Gasteiger partial charge in [-0.15, -0.1) is 0 Å². The third kappa shape index (κ3) is 3.72. The maximum atomic E-state index is 13.4. The summed E-state index contributed by atoms with van der Waals surface area (Å²) in [6, 6.07) is 14.0. The fraction of sp³-hybridized carbons (Fsp3) is 0.158. The molecule has 0 unspecified atom stereocenters. The van der Waals surface area contributed by atoms with Gasteiger partial charge in [0.2, 0.25) is 0 Å². The summed E-state index contributed by atoms with van der Waals surface area (Å²) in [6.45, 7) is 3.98. The molecule has 0 aliphatic rings. The second-order valence-electron chi connectivity index (χ2n) is 5.81. The number of carbonyl (C=O) groups excluding carboxylic acids is 1. The highest BCUT2D eigenvalue weighted by molar-refractivity contribution is 6.33. The number of halogens is 2. The van der Waals surface area contributed by atoms with Gasteiger partial charge in [-0.2, -0.15) is 5.10 Å². The Labute approximate surface area is 150 Å². The monoisotopic (exact) mass is 357 g/mol. The zero-order chi connectivity index (χ0) is 18.0. The van der Waals surface area contributed by atoms with Crippen molar-refractivity contribution in [2.75, 3.05) is 5.32 Å². The lowest BCUT2D eigenvalue weighted by atomic mass is 10.1. The van der Waals surface area contributed by atoms with Crippen LogP contribution in [-0.4, -0.2) is 15.7 Å². The van der Waals surface area contributed by atoms with Crippen molar-refractivity contribution in [1.29, 1.82) is 0 Å². The first-order chi connectivity index (χ1) is 12.0. The van der Waals surface area contributed by atoms with Crippen molar-refractivity contribution in [3.63, 3.8) is 0 Å². The normalized spacial score (nSPS) is 10.7. The van der Waals surface area contributed by atoms with E-state index >= 15 is 0 Å². The summed E-state index contributed by atoms with van der Waals surface area (Å²) in [4.78, 5) is 12.6. The molecule has 1 N–H and O–H groups in total. The number of nitrogens with one attached hydrogen (secondary N) is 1. The van der Waals surface area contributed by atoms with Crippen LogP contribution in [0.4, 0.5) is 10.1 Å². The molecule has 4 nitrogen and oxygen atoms in total. The average molecular weight is 358 g/mol. The van der Waals surface area contributed by atoms with Crippen LogP contribution in [-0.2, 0) is 6.54 Å². The second kappa shape index (κ2) is 7.07. The van der Waals surface area contributed by atoms with Crippen LogP contribution in [0.3, 0.4) is 0 Å². The third-order valence-corrected chi connectivity index (χ3v) is 4.30. The van der Waals surface area contributed by atoms with Crippen LogP contribution >= 0.6 is 11.6 Å². The first-order valence-corrected chi connectivity index (χ1v) is 8.18. The lowest BCUT2D eigenvalue weighted by Crippen LogP contribution is -2.14. The highest BCUT2D eigenvalue weighted by Gasteiger charge is 2.21. The molecule has 6 heteroatoms. The quantitative estimate of drug-likeness (QED) is 0.742. The van der Waals surface area contributed by atoms with E-state index in [1.54, 1.807) is 24.6 Å². The number of aromatic nitrogens is 2. The Hall–Kier alpha value is -2.66. The molecule has 0 bridgehead atoms. The van der Waals surface area contributed by atoms with Gasteiger partial charge < -0.3 is 5.32 Å². The highest BCUT2D eigenvalue weighted by atomic mass is 35.5. The van der Waals surface area contributed by atoms with Gasteiger partial charge >= 0.3 is 0 Å². The van der Waals surface area contributed by atoms with Crippen molar-refractivity contribution >= 4 is 23.2 Å². The highest BCUT2D eigenvalue weighted by Crippen LogP contribution is 2.23. The molecule has 1 heterocycles. The van der Waals surface area contributed by atoms with E-state index in [1.807, 2.05) is 30.3 Å². The molecule has 0 spiro atoms. The molecule has 3 aromatic rings. The molecule has 1 amide bonds. The lowest BCUT2D eigenvalue weighted by molar-refractivity contribution is 0.102. The number of aryl methyl sites for hydroxylation is 2. The summed E-state index contributed by atoms with van der Waals surface area (Å²) < 4.78 is 15.0. The molecular weight excluding hydrogens is 341 g/mol. The topological polar surface area (TPSA) is 46.9 Å². The standard InChI is InChI=1S/C19H17ClFN3O/c1-12-8-9-15(21)10-16(12)22-19(25)17-13(2)23-24(18(17)20)11-14-6-4-3-5-7-14/h3-10H,11H2,1-2H3,(H,22,25). The van der Waals surface area contributed by atoms with Crippen molar-refractivity contribution in [2.24, 2.45) is 0 Å². The Morgan fingerprint density at radius 2 is 1.92 bits per heavy atom. The van der Waals surface area contributed by atoms with Crippen molar-refractivity contribution in [2.45, 2.75) is 20.4 Å². The largest absolute Gasteiger partial charge is 0.321 e. The van der Waals surface area contributed by atoms with Crippen LogP contribution in [0, 0.1) is 19.7 Å². The summed E-state index contributed by atoms with van der Waals surface area (Å²) >= 11 is 6.38. The number of hydrogen-bond donors (Lipinski definition) is 1. The Balaban J connectivity index is 1.87. The summed E-state index contributed by atoms with van der Waals surface area (Å²) in [5, 5.41) is 7.32. The smallest absolute Gasteiger partial charge is 0.260 e. The van der Waals surface area contributed by atoms with Gasteiger partial charge in [-0.25, -0.2) is 9.07 Å². The van der Waals surface area contributed by atoms with Gasteiger partial charge in [0.1, 0.15) is 11.0 Å². The molecule has 0 radical (unpaired) electrons. The number of benzene rings is 2. The van der Waals surface area contributed by atoms with Crippen molar-refractivity contribution in [1.82, 2.24) is 9.78 Å². The van der Waals surface area contributed by atoms with Crippen molar-refractivity contribution in [3.8, 4) is 0 Å². The molecule has 0 aliphatic carbocycles. The maximum Gasteiger partial charge on any atom is 0.260 e. The minimum Gasteiger partial charge on any atom is -0.321 e. The van der Waals surface area contributed by atoms with Crippen LogP contribution < -0.4 is 5.32 Å². The number of nitrogens with zero attached hydrogens (tertiary/aromatic N) is 2. The van der Waals surface area contributed by atoms with Crippen LogP contribution in [0.25, 0.3) is 0 Å². The van der Waals surface area contributed by atoms with Crippen LogP contribution in [0.5, 0.6) is 0 Å². The molecule has 0 saturated carbocycles. The van der Waals surface area contributed by atoms with Gasteiger partial charge in [0.25, 0.3) is 5.91 Å². The van der Waals surface area contributed by atoms with E-state index in [4.69, 9.17) is 11.6 Å². The van der Waals surface area contributed by atoms with Gasteiger partial charge in [0, 0.05) is 5.69 Å². The Kier molecular flexibility index (Phi) is 4.86. The predicted octanol–water partition coefficient (Wildman–Crippen LogP) is 4.59. The van der Waals surface area contributed by atoms with E-state index in [2.05, 4.69) is 10.4 Å². The number of rotatable bonds is 4. The second-order valence-corrected chi connectivity index (χ2v) is 6.17. The maximum absolute atomic E-state index is 13.4. The molecule has 128 valence electrons. The molecule has 25 heavy (non-hydrogen) atoms. The van der Waals surface area contributed by atoms with Crippen LogP contribution in [0.2, 0.25) is 5.15 Å². The van der Waals surface area contributed by atoms with E-state index < -0.39 is 11.7 Å². The number of amides is 1. The lowest BCUT2D eigenvalue weighted by Gasteiger charge is -2.08. The fourth-order valence-electron chi connectivity index (χ4n) is 2.59. The van der Waals surface area contributed by atoms with E-state index in [0.29, 0.717) is 23.5 Å². The van der Waals surface area contributed by atoms with Gasteiger partial charge in [-0.05, 0) is 37.1 Å². The first kappa shape index (κ1) is 17.2. The number of anilines is 1. The summed E-state index contributed by atoms with van der Waals surface area (Å²) in [5.41, 5.74) is 3.02. The van der Waals surface area contributed by atoms with Gasteiger partial charge in [-0.3, -0.25) is 4.79 Å². The summed E-state index contributed by atoms with van der Waals surface area (Å²) in [6.07, 6.45) is 0. The SMILES string of the molecule is Cc1ccc(F)cc1NC(=O)c1c(C)nn(Cc2ccccc2)c1Cl.